The molecule has 1 saturated heterocycles. The number of aromatic amines is 1. The normalized spacial score (nSPS) is 19.8. The van der Waals surface area contributed by atoms with Crippen molar-refractivity contribution in [3.05, 3.63) is 64.8 Å². The van der Waals surface area contributed by atoms with Gasteiger partial charge in [-0.2, -0.15) is 4.31 Å². The molecule has 1 amide bonds. The molecule has 7 nitrogen and oxygen atoms in total. The van der Waals surface area contributed by atoms with Gasteiger partial charge >= 0.3 is 0 Å². The van der Waals surface area contributed by atoms with E-state index < -0.39 is 10.0 Å². The molecule has 170 valence electrons. The number of morpholine rings is 1. The van der Waals surface area contributed by atoms with Crippen molar-refractivity contribution in [2.75, 3.05) is 19.6 Å². The Kier molecular flexibility index (Phi) is 6.57. The first-order valence-corrected chi connectivity index (χ1v) is 12.4. The predicted octanol–water partition coefficient (Wildman–Crippen LogP) is 3.59. The van der Waals surface area contributed by atoms with Crippen molar-refractivity contribution in [3.63, 3.8) is 0 Å². The maximum atomic E-state index is 13.2. The lowest BCUT2D eigenvalue weighted by Gasteiger charge is -2.34. The second-order valence-electron chi connectivity index (χ2n) is 8.09. The van der Waals surface area contributed by atoms with Gasteiger partial charge in [0.15, 0.2) is 0 Å². The number of ether oxygens (including phenoxy) is 1. The lowest BCUT2D eigenvalue weighted by molar-refractivity contribution is -0.0440. The maximum absolute atomic E-state index is 13.2. The first-order valence-electron chi connectivity index (χ1n) is 10.5. The molecule has 0 bridgehead atoms. The molecular formula is C23H26ClN3O4S. The van der Waals surface area contributed by atoms with E-state index in [0.29, 0.717) is 13.0 Å². The van der Waals surface area contributed by atoms with Crippen molar-refractivity contribution in [2.24, 2.45) is 0 Å². The molecule has 0 saturated carbocycles. The van der Waals surface area contributed by atoms with Crippen LogP contribution in [0.3, 0.4) is 0 Å². The minimum absolute atomic E-state index is 0.0651. The number of halogens is 1. The molecule has 2 N–H and O–H groups in total. The minimum atomic E-state index is -3.86. The van der Waals surface area contributed by atoms with Crippen LogP contribution in [0.2, 0.25) is 5.02 Å². The fourth-order valence-electron chi connectivity index (χ4n) is 4.06. The average Bonchev–Trinajstić information content (AvgIpc) is 3.16. The van der Waals surface area contributed by atoms with Gasteiger partial charge in [0.1, 0.15) is 4.90 Å². The SMILES string of the molecule is CC1CN(S(=O)(=O)c2cc(C(=O)NCCc3c[nH]c4ccccc34)ccc2Cl)CC(C)O1. The number of carbonyl (C=O) groups is 1. The standard InChI is InChI=1S/C23H26ClN3O4S/c1-15-13-27(14-16(2)31-15)32(29,30)22-11-17(7-8-20(22)24)23(28)25-10-9-18-12-26-21-6-4-3-5-19(18)21/h3-8,11-12,15-16,26H,9-10,13-14H2,1-2H3,(H,25,28). The Morgan fingerprint density at radius 3 is 2.66 bits per heavy atom. The van der Waals surface area contributed by atoms with Gasteiger partial charge in [0, 0.05) is 42.3 Å². The summed E-state index contributed by atoms with van der Waals surface area (Å²) in [6.07, 6.45) is 2.15. The molecule has 0 radical (unpaired) electrons. The summed E-state index contributed by atoms with van der Waals surface area (Å²) in [6.45, 7) is 4.56. The number of aromatic nitrogens is 1. The number of nitrogens with zero attached hydrogens (tertiary/aromatic N) is 1. The summed E-state index contributed by atoms with van der Waals surface area (Å²) >= 11 is 6.23. The molecule has 2 heterocycles. The second kappa shape index (κ2) is 9.23. The number of nitrogens with one attached hydrogen (secondary N) is 2. The number of H-pyrrole nitrogens is 1. The molecule has 4 rings (SSSR count). The van der Waals surface area contributed by atoms with Crippen LogP contribution in [0.15, 0.2) is 53.6 Å². The van der Waals surface area contributed by atoms with Crippen LogP contribution in [0.25, 0.3) is 10.9 Å². The van der Waals surface area contributed by atoms with E-state index in [-0.39, 0.29) is 46.7 Å². The number of benzene rings is 2. The number of carbonyl (C=O) groups excluding carboxylic acids is 1. The first kappa shape index (κ1) is 22.8. The van der Waals surface area contributed by atoms with Crippen molar-refractivity contribution in [1.82, 2.24) is 14.6 Å². The number of sulfonamides is 1. The molecule has 1 aromatic heterocycles. The highest BCUT2D eigenvalue weighted by atomic mass is 35.5. The maximum Gasteiger partial charge on any atom is 0.251 e. The number of hydrogen-bond donors (Lipinski definition) is 2. The van der Waals surface area contributed by atoms with Gasteiger partial charge in [-0.05, 0) is 50.1 Å². The van der Waals surface area contributed by atoms with Crippen LogP contribution in [0.1, 0.15) is 29.8 Å². The minimum Gasteiger partial charge on any atom is -0.373 e. The topological polar surface area (TPSA) is 91.5 Å². The molecule has 32 heavy (non-hydrogen) atoms. The molecule has 1 fully saturated rings. The zero-order valence-corrected chi connectivity index (χ0v) is 19.5. The van der Waals surface area contributed by atoms with Crippen LogP contribution in [0.5, 0.6) is 0 Å². The Morgan fingerprint density at radius 1 is 1.19 bits per heavy atom. The number of fused-ring (bicyclic) bond motifs is 1. The highest BCUT2D eigenvalue weighted by Crippen LogP contribution is 2.28. The van der Waals surface area contributed by atoms with E-state index in [0.717, 1.165) is 16.5 Å². The largest absolute Gasteiger partial charge is 0.373 e. The summed E-state index contributed by atoms with van der Waals surface area (Å²) in [7, 11) is -3.86. The van der Waals surface area contributed by atoms with Gasteiger partial charge in [0.05, 0.1) is 17.2 Å². The molecule has 0 spiro atoms. The zero-order valence-electron chi connectivity index (χ0n) is 18.0. The number of hydrogen-bond acceptors (Lipinski definition) is 4. The van der Waals surface area contributed by atoms with Crippen molar-refractivity contribution >= 4 is 38.4 Å². The summed E-state index contributed by atoms with van der Waals surface area (Å²) in [6, 6.07) is 12.3. The van der Waals surface area contributed by atoms with Gasteiger partial charge in [-0.3, -0.25) is 4.79 Å². The summed E-state index contributed by atoms with van der Waals surface area (Å²) in [4.78, 5) is 15.9. The zero-order chi connectivity index (χ0) is 22.9. The Labute approximate surface area is 192 Å². The smallest absolute Gasteiger partial charge is 0.251 e. The number of rotatable bonds is 6. The summed E-state index contributed by atoms with van der Waals surface area (Å²) in [5, 5.41) is 4.08. The first-order chi connectivity index (χ1) is 15.3. The van der Waals surface area contributed by atoms with E-state index in [9.17, 15) is 13.2 Å². The van der Waals surface area contributed by atoms with E-state index >= 15 is 0 Å². The van der Waals surface area contributed by atoms with E-state index in [1.807, 2.05) is 44.3 Å². The Balaban J connectivity index is 1.47. The molecular weight excluding hydrogens is 450 g/mol. The van der Waals surface area contributed by atoms with Crippen LogP contribution in [0, 0.1) is 0 Å². The molecule has 3 aromatic rings. The van der Waals surface area contributed by atoms with Gasteiger partial charge in [-0.15, -0.1) is 0 Å². The fraction of sp³-hybridized carbons (Fsp3) is 0.348. The fourth-order valence-corrected chi connectivity index (χ4v) is 6.15. The van der Waals surface area contributed by atoms with Crippen LogP contribution < -0.4 is 5.32 Å². The van der Waals surface area contributed by atoms with Gasteiger partial charge in [-0.1, -0.05) is 29.8 Å². The lowest BCUT2D eigenvalue weighted by atomic mass is 10.1. The van der Waals surface area contributed by atoms with Crippen molar-refractivity contribution in [3.8, 4) is 0 Å². The molecule has 0 aliphatic carbocycles. The van der Waals surface area contributed by atoms with Crippen molar-refractivity contribution < 1.29 is 17.9 Å². The predicted molar refractivity (Wildman–Crippen MR) is 125 cm³/mol. The van der Waals surface area contributed by atoms with Gasteiger partial charge in [0.2, 0.25) is 10.0 Å². The highest BCUT2D eigenvalue weighted by molar-refractivity contribution is 7.89. The van der Waals surface area contributed by atoms with Crippen LogP contribution in [0.4, 0.5) is 0 Å². The third-order valence-electron chi connectivity index (χ3n) is 5.55. The molecule has 2 aromatic carbocycles. The van der Waals surface area contributed by atoms with E-state index in [1.54, 1.807) is 0 Å². The van der Waals surface area contributed by atoms with Crippen molar-refractivity contribution in [2.45, 2.75) is 37.4 Å². The molecule has 2 unspecified atom stereocenters. The number of para-hydroxylation sites is 1. The number of amides is 1. The summed E-state index contributed by atoms with van der Waals surface area (Å²) in [5.41, 5.74) is 2.41. The summed E-state index contributed by atoms with van der Waals surface area (Å²) < 4.78 is 33.4. The van der Waals surface area contributed by atoms with Gasteiger partial charge < -0.3 is 15.0 Å². The van der Waals surface area contributed by atoms with Gasteiger partial charge in [0.25, 0.3) is 5.91 Å². The average molecular weight is 476 g/mol. The van der Waals surface area contributed by atoms with Gasteiger partial charge in [-0.25, -0.2) is 8.42 Å². The Hall–Kier alpha value is -2.39. The lowest BCUT2D eigenvalue weighted by Crippen LogP contribution is -2.48. The van der Waals surface area contributed by atoms with E-state index in [1.165, 1.54) is 22.5 Å². The molecule has 1 aliphatic rings. The molecule has 1 aliphatic heterocycles. The quantitative estimate of drug-likeness (QED) is 0.570. The molecule has 2 atom stereocenters. The van der Waals surface area contributed by atoms with Crippen molar-refractivity contribution in [1.29, 1.82) is 0 Å². The summed E-state index contributed by atoms with van der Waals surface area (Å²) in [5.74, 6) is -0.346. The third-order valence-corrected chi connectivity index (χ3v) is 7.87. The third kappa shape index (κ3) is 4.68. The van der Waals surface area contributed by atoms with Crippen LogP contribution in [-0.4, -0.2) is 55.5 Å². The van der Waals surface area contributed by atoms with Crippen LogP contribution >= 0.6 is 11.6 Å². The van der Waals surface area contributed by atoms with Crippen LogP contribution in [-0.2, 0) is 21.2 Å². The second-order valence-corrected chi connectivity index (χ2v) is 10.4. The Bertz CT molecular complexity index is 1230. The van der Waals surface area contributed by atoms with E-state index in [4.69, 9.17) is 16.3 Å². The Morgan fingerprint density at radius 2 is 1.91 bits per heavy atom. The highest BCUT2D eigenvalue weighted by Gasteiger charge is 2.33. The monoisotopic (exact) mass is 475 g/mol. The molecule has 9 heteroatoms. The van der Waals surface area contributed by atoms with E-state index in [2.05, 4.69) is 10.3 Å².